The minimum Gasteiger partial charge on any atom is -0.497 e. The van der Waals surface area contributed by atoms with E-state index in [-0.39, 0.29) is 5.91 Å². The highest BCUT2D eigenvalue weighted by Gasteiger charge is 2.08. The van der Waals surface area contributed by atoms with Gasteiger partial charge >= 0.3 is 0 Å². The highest BCUT2D eigenvalue weighted by atomic mass is 32.2. The van der Waals surface area contributed by atoms with Crippen LogP contribution in [0.1, 0.15) is 5.56 Å². The Morgan fingerprint density at radius 1 is 1.16 bits per heavy atom. The zero-order valence-corrected chi connectivity index (χ0v) is 14.9. The molecule has 3 rings (SSSR count). The molecule has 0 aliphatic rings. The van der Waals surface area contributed by atoms with Gasteiger partial charge in [0.1, 0.15) is 11.5 Å². The van der Waals surface area contributed by atoms with E-state index in [1.807, 2.05) is 42.5 Å². The molecule has 2 N–H and O–H groups in total. The first-order chi connectivity index (χ1) is 12.2. The van der Waals surface area contributed by atoms with Crippen molar-refractivity contribution in [3.8, 4) is 11.5 Å². The number of benzene rings is 2. The highest BCUT2D eigenvalue weighted by molar-refractivity contribution is 7.99. The number of H-pyrrole nitrogens is 1. The highest BCUT2D eigenvalue weighted by Crippen LogP contribution is 2.23. The molecule has 1 aromatic heterocycles. The first-order valence-corrected chi connectivity index (χ1v) is 8.72. The molecule has 0 saturated heterocycles. The van der Waals surface area contributed by atoms with Gasteiger partial charge in [-0.05, 0) is 29.8 Å². The fourth-order valence-corrected chi connectivity index (χ4v) is 3.04. The number of hydrogen-bond acceptors (Lipinski definition) is 5. The third-order valence-electron chi connectivity index (χ3n) is 3.63. The van der Waals surface area contributed by atoms with E-state index in [9.17, 15) is 4.79 Å². The minimum absolute atomic E-state index is 0.0501. The second-order valence-corrected chi connectivity index (χ2v) is 6.31. The molecule has 0 atom stereocenters. The summed E-state index contributed by atoms with van der Waals surface area (Å²) in [5.41, 5.74) is 2.73. The number of amides is 1. The van der Waals surface area contributed by atoms with E-state index in [0.29, 0.717) is 17.5 Å². The van der Waals surface area contributed by atoms with Crippen molar-refractivity contribution >= 4 is 28.7 Å². The van der Waals surface area contributed by atoms with Crippen LogP contribution in [0.25, 0.3) is 11.0 Å². The number of aromatic amines is 1. The maximum atomic E-state index is 12.0. The minimum atomic E-state index is -0.0501. The standard InChI is InChI=1S/C18H19N3O3S/c1-23-13-5-3-4-12(8-13)10-19-17(22)11-25-18-20-15-7-6-14(24-2)9-16(15)21-18/h3-9H,10-11H2,1-2H3,(H,19,22)(H,20,21). The van der Waals surface area contributed by atoms with Gasteiger partial charge in [0.2, 0.25) is 5.91 Å². The number of imidazole rings is 1. The van der Waals surface area contributed by atoms with Gasteiger partial charge in [-0.15, -0.1) is 0 Å². The van der Waals surface area contributed by atoms with Crippen molar-refractivity contribution in [2.75, 3.05) is 20.0 Å². The van der Waals surface area contributed by atoms with Crippen LogP contribution in [0, 0.1) is 0 Å². The topological polar surface area (TPSA) is 76.2 Å². The van der Waals surface area contributed by atoms with Crippen LogP contribution in [0.15, 0.2) is 47.6 Å². The summed E-state index contributed by atoms with van der Waals surface area (Å²) in [6.45, 7) is 0.466. The van der Waals surface area contributed by atoms with E-state index in [0.717, 1.165) is 28.1 Å². The quantitative estimate of drug-likeness (QED) is 0.636. The van der Waals surface area contributed by atoms with Crippen LogP contribution in [0.3, 0.4) is 0 Å². The summed E-state index contributed by atoms with van der Waals surface area (Å²) >= 11 is 1.37. The Kier molecular flexibility index (Phi) is 5.45. The van der Waals surface area contributed by atoms with Gasteiger partial charge in [-0.2, -0.15) is 0 Å². The van der Waals surface area contributed by atoms with Gasteiger partial charge in [0.05, 0.1) is 31.0 Å². The lowest BCUT2D eigenvalue weighted by Crippen LogP contribution is -2.24. The lowest BCUT2D eigenvalue weighted by Gasteiger charge is -2.06. The number of carbonyl (C=O) groups is 1. The molecule has 0 aliphatic carbocycles. The Morgan fingerprint density at radius 3 is 2.76 bits per heavy atom. The first-order valence-electron chi connectivity index (χ1n) is 7.74. The second-order valence-electron chi connectivity index (χ2n) is 5.34. The van der Waals surface area contributed by atoms with Crippen molar-refractivity contribution in [3.63, 3.8) is 0 Å². The Hall–Kier alpha value is -2.67. The zero-order chi connectivity index (χ0) is 17.6. The van der Waals surface area contributed by atoms with Gasteiger partial charge in [0.25, 0.3) is 0 Å². The number of nitrogens with one attached hydrogen (secondary N) is 2. The molecular weight excluding hydrogens is 338 g/mol. The Morgan fingerprint density at radius 2 is 1.96 bits per heavy atom. The van der Waals surface area contributed by atoms with Gasteiger partial charge in [-0.25, -0.2) is 4.98 Å². The van der Waals surface area contributed by atoms with Gasteiger partial charge in [0, 0.05) is 12.6 Å². The largest absolute Gasteiger partial charge is 0.497 e. The van der Waals surface area contributed by atoms with Crippen LogP contribution in [-0.4, -0.2) is 35.8 Å². The first kappa shape index (κ1) is 17.2. The summed E-state index contributed by atoms with van der Waals surface area (Å²) in [4.78, 5) is 19.7. The molecule has 0 spiro atoms. The van der Waals surface area contributed by atoms with Crippen LogP contribution in [-0.2, 0) is 11.3 Å². The van der Waals surface area contributed by atoms with Crippen molar-refractivity contribution in [1.82, 2.24) is 15.3 Å². The van der Waals surface area contributed by atoms with Gasteiger partial charge in [-0.3, -0.25) is 4.79 Å². The number of rotatable bonds is 7. The maximum absolute atomic E-state index is 12.0. The molecular formula is C18H19N3O3S. The molecule has 0 radical (unpaired) electrons. The van der Waals surface area contributed by atoms with Crippen molar-refractivity contribution in [3.05, 3.63) is 48.0 Å². The van der Waals surface area contributed by atoms with Gasteiger partial charge in [-0.1, -0.05) is 23.9 Å². The van der Waals surface area contributed by atoms with Crippen LogP contribution in [0.4, 0.5) is 0 Å². The van der Waals surface area contributed by atoms with Gasteiger partial charge in [0.15, 0.2) is 5.16 Å². The van der Waals surface area contributed by atoms with Crippen molar-refractivity contribution in [2.24, 2.45) is 0 Å². The van der Waals surface area contributed by atoms with E-state index in [2.05, 4.69) is 15.3 Å². The molecule has 1 heterocycles. The van der Waals surface area contributed by atoms with Crippen LogP contribution >= 0.6 is 11.8 Å². The molecule has 6 nitrogen and oxygen atoms in total. The molecule has 0 unspecified atom stereocenters. The molecule has 25 heavy (non-hydrogen) atoms. The molecule has 1 amide bonds. The van der Waals surface area contributed by atoms with Crippen molar-refractivity contribution in [1.29, 1.82) is 0 Å². The number of fused-ring (bicyclic) bond motifs is 1. The number of ether oxygens (including phenoxy) is 2. The molecule has 3 aromatic rings. The monoisotopic (exact) mass is 357 g/mol. The predicted octanol–water partition coefficient (Wildman–Crippen LogP) is 2.99. The van der Waals surface area contributed by atoms with Crippen molar-refractivity contribution < 1.29 is 14.3 Å². The van der Waals surface area contributed by atoms with E-state index < -0.39 is 0 Å². The van der Waals surface area contributed by atoms with E-state index in [1.54, 1.807) is 14.2 Å². The molecule has 0 saturated carbocycles. The van der Waals surface area contributed by atoms with Crippen LogP contribution < -0.4 is 14.8 Å². The number of hydrogen-bond donors (Lipinski definition) is 2. The van der Waals surface area contributed by atoms with E-state index in [1.165, 1.54) is 11.8 Å². The Bertz CT molecular complexity index is 879. The Labute approximate surface area is 149 Å². The number of carbonyl (C=O) groups excluding carboxylic acids is 1. The number of aromatic nitrogens is 2. The number of nitrogens with zero attached hydrogens (tertiary/aromatic N) is 1. The van der Waals surface area contributed by atoms with E-state index >= 15 is 0 Å². The molecule has 0 fully saturated rings. The fraction of sp³-hybridized carbons (Fsp3) is 0.222. The molecule has 130 valence electrons. The molecule has 7 heteroatoms. The van der Waals surface area contributed by atoms with Crippen LogP contribution in [0.2, 0.25) is 0 Å². The summed E-state index contributed by atoms with van der Waals surface area (Å²) in [5.74, 6) is 1.79. The van der Waals surface area contributed by atoms with Crippen molar-refractivity contribution in [2.45, 2.75) is 11.7 Å². The normalized spacial score (nSPS) is 10.6. The summed E-state index contributed by atoms with van der Waals surface area (Å²) in [6, 6.07) is 13.3. The average Bonchev–Trinajstić information content (AvgIpc) is 3.06. The maximum Gasteiger partial charge on any atom is 0.230 e. The third-order valence-corrected chi connectivity index (χ3v) is 4.50. The molecule has 2 aromatic carbocycles. The lowest BCUT2D eigenvalue weighted by molar-refractivity contribution is -0.118. The summed E-state index contributed by atoms with van der Waals surface area (Å²) in [5, 5.41) is 3.60. The lowest BCUT2D eigenvalue weighted by atomic mass is 10.2. The Balaban J connectivity index is 1.53. The van der Waals surface area contributed by atoms with Crippen LogP contribution in [0.5, 0.6) is 11.5 Å². The zero-order valence-electron chi connectivity index (χ0n) is 14.0. The number of methoxy groups -OCH3 is 2. The summed E-state index contributed by atoms with van der Waals surface area (Å²) in [6.07, 6.45) is 0. The number of thioether (sulfide) groups is 1. The van der Waals surface area contributed by atoms with E-state index in [4.69, 9.17) is 9.47 Å². The molecule has 0 bridgehead atoms. The summed E-state index contributed by atoms with van der Waals surface area (Å²) in [7, 11) is 3.25. The SMILES string of the molecule is COc1cccc(CNC(=O)CSc2nc3ccc(OC)cc3[nH]2)c1. The predicted molar refractivity (Wildman–Crippen MR) is 98.2 cm³/mol. The van der Waals surface area contributed by atoms with Gasteiger partial charge < -0.3 is 19.8 Å². The third kappa shape index (κ3) is 4.45. The average molecular weight is 357 g/mol. The fourth-order valence-electron chi connectivity index (χ4n) is 2.33. The smallest absolute Gasteiger partial charge is 0.230 e. The molecule has 0 aliphatic heterocycles. The second kappa shape index (κ2) is 7.94. The summed E-state index contributed by atoms with van der Waals surface area (Å²) < 4.78 is 10.4.